The molecule has 6 heteroatoms. The quantitative estimate of drug-likeness (QED) is 0.473. The van der Waals surface area contributed by atoms with E-state index >= 15 is 0 Å². The van der Waals surface area contributed by atoms with E-state index in [2.05, 4.69) is 27.2 Å². The van der Waals surface area contributed by atoms with Crippen molar-refractivity contribution in [2.45, 2.75) is 25.8 Å². The van der Waals surface area contributed by atoms with E-state index in [9.17, 15) is 4.79 Å². The number of imidazole rings is 1. The number of hydrogen-bond acceptors (Lipinski definition) is 3. The number of carbonyl (C=O) groups is 1. The molecule has 0 aliphatic heterocycles. The molecule has 4 rings (SSSR count). The van der Waals surface area contributed by atoms with Gasteiger partial charge in [-0.2, -0.15) is 0 Å². The van der Waals surface area contributed by atoms with Gasteiger partial charge in [0.15, 0.2) is 0 Å². The number of aromatic nitrogens is 2. The Bertz CT molecular complexity index is 1120. The predicted octanol–water partition coefficient (Wildman–Crippen LogP) is 4.79. The standard InChI is InChI=1S/C23H23N5O/c1-3-4-11-24-16(2)17-10-12-28-21(15-25-22(28)14-17)18-6-5-7-20(13-18)27-23(29)26-19-8-9-19/h3-7,10-15,19H,1,8-9H2,2H3,(H2,26,27,29)/b11-4-,24-16+. The third kappa shape index (κ3) is 4.43. The van der Waals surface area contributed by atoms with Gasteiger partial charge in [0.25, 0.3) is 0 Å². The zero-order valence-electron chi connectivity index (χ0n) is 16.3. The van der Waals surface area contributed by atoms with Gasteiger partial charge in [-0.05, 0) is 50.1 Å². The van der Waals surface area contributed by atoms with E-state index in [1.54, 1.807) is 18.4 Å². The smallest absolute Gasteiger partial charge is 0.319 e. The molecule has 1 aliphatic rings. The molecule has 0 radical (unpaired) electrons. The summed E-state index contributed by atoms with van der Waals surface area (Å²) in [6.45, 7) is 5.61. The van der Waals surface area contributed by atoms with Crippen molar-refractivity contribution in [1.82, 2.24) is 14.7 Å². The van der Waals surface area contributed by atoms with Crippen molar-refractivity contribution in [3.63, 3.8) is 0 Å². The fourth-order valence-electron chi connectivity index (χ4n) is 3.05. The second-order valence-corrected chi connectivity index (χ2v) is 7.03. The van der Waals surface area contributed by atoms with Crippen LogP contribution in [-0.4, -0.2) is 27.2 Å². The van der Waals surface area contributed by atoms with Gasteiger partial charge in [0, 0.05) is 41.0 Å². The number of nitrogens with one attached hydrogen (secondary N) is 2. The Hall–Kier alpha value is -3.67. The van der Waals surface area contributed by atoms with Crippen molar-refractivity contribution in [3.05, 3.63) is 79.3 Å². The first kappa shape index (κ1) is 18.7. The van der Waals surface area contributed by atoms with Crippen LogP contribution in [0.2, 0.25) is 0 Å². The van der Waals surface area contributed by atoms with Gasteiger partial charge in [-0.25, -0.2) is 9.78 Å². The number of rotatable bonds is 6. The molecule has 2 amide bonds. The van der Waals surface area contributed by atoms with Crippen LogP contribution in [0, 0.1) is 0 Å². The molecule has 146 valence electrons. The van der Waals surface area contributed by atoms with E-state index in [0.29, 0.717) is 6.04 Å². The zero-order chi connectivity index (χ0) is 20.2. The van der Waals surface area contributed by atoms with Crippen LogP contribution in [0.4, 0.5) is 10.5 Å². The van der Waals surface area contributed by atoms with Crippen LogP contribution in [-0.2, 0) is 0 Å². The molecule has 2 heterocycles. The minimum absolute atomic E-state index is 0.160. The highest BCUT2D eigenvalue weighted by atomic mass is 16.2. The summed E-state index contributed by atoms with van der Waals surface area (Å²) >= 11 is 0. The van der Waals surface area contributed by atoms with Gasteiger partial charge in [-0.15, -0.1) is 0 Å². The number of allylic oxidation sites excluding steroid dienone is 2. The molecule has 0 saturated heterocycles. The summed E-state index contributed by atoms with van der Waals surface area (Å²) in [7, 11) is 0. The number of urea groups is 1. The Labute approximate surface area is 169 Å². The second kappa shape index (κ2) is 8.14. The highest BCUT2D eigenvalue weighted by Crippen LogP contribution is 2.25. The molecule has 1 saturated carbocycles. The lowest BCUT2D eigenvalue weighted by atomic mass is 10.1. The number of amides is 2. The van der Waals surface area contributed by atoms with Crippen LogP contribution >= 0.6 is 0 Å². The molecule has 6 nitrogen and oxygen atoms in total. The van der Waals surface area contributed by atoms with Crippen LogP contribution < -0.4 is 10.6 Å². The summed E-state index contributed by atoms with van der Waals surface area (Å²) in [5.74, 6) is 0. The number of aliphatic imine (C=N–C) groups is 1. The molecule has 0 bridgehead atoms. The molecular formula is C23H23N5O. The Morgan fingerprint density at radius 2 is 2.17 bits per heavy atom. The van der Waals surface area contributed by atoms with Crippen molar-refractivity contribution in [3.8, 4) is 11.3 Å². The summed E-state index contributed by atoms with van der Waals surface area (Å²) in [5.41, 5.74) is 5.44. The van der Waals surface area contributed by atoms with Crippen LogP contribution in [0.1, 0.15) is 25.3 Å². The first-order chi connectivity index (χ1) is 14.1. The zero-order valence-corrected chi connectivity index (χ0v) is 16.3. The van der Waals surface area contributed by atoms with Crippen molar-refractivity contribution < 1.29 is 4.79 Å². The molecular weight excluding hydrogens is 362 g/mol. The monoisotopic (exact) mass is 385 g/mol. The van der Waals surface area contributed by atoms with E-state index in [0.717, 1.165) is 46.7 Å². The van der Waals surface area contributed by atoms with E-state index in [1.807, 2.05) is 60.1 Å². The highest BCUT2D eigenvalue weighted by molar-refractivity contribution is 5.99. The first-order valence-electron chi connectivity index (χ1n) is 9.61. The lowest BCUT2D eigenvalue weighted by molar-refractivity contribution is 0.251. The number of benzene rings is 1. The Morgan fingerprint density at radius 3 is 2.97 bits per heavy atom. The number of fused-ring (bicyclic) bond motifs is 1. The lowest BCUT2D eigenvalue weighted by Gasteiger charge is -2.09. The molecule has 0 spiro atoms. The Kier molecular flexibility index (Phi) is 5.24. The van der Waals surface area contributed by atoms with Crippen molar-refractivity contribution >= 4 is 23.1 Å². The molecule has 1 aromatic carbocycles. The topological polar surface area (TPSA) is 70.8 Å². The fourth-order valence-corrected chi connectivity index (χ4v) is 3.05. The minimum Gasteiger partial charge on any atom is -0.335 e. The molecule has 3 aromatic rings. The average Bonchev–Trinajstić information content (AvgIpc) is 3.42. The Morgan fingerprint density at radius 1 is 1.31 bits per heavy atom. The number of carbonyl (C=O) groups excluding carboxylic acids is 1. The van der Waals surface area contributed by atoms with Gasteiger partial charge in [0.1, 0.15) is 5.65 Å². The molecule has 0 atom stereocenters. The Balaban J connectivity index is 1.58. The van der Waals surface area contributed by atoms with Gasteiger partial charge in [-0.3, -0.25) is 9.39 Å². The minimum atomic E-state index is -0.160. The largest absolute Gasteiger partial charge is 0.335 e. The van der Waals surface area contributed by atoms with Crippen LogP contribution in [0.25, 0.3) is 16.9 Å². The van der Waals surface area contributed by atoms with Crippen molar-refractivity contribution in [1.29, 1.82) is 0 Å². The summed E-state index contributed by atoms with van der Waals surface area (Å²) in [4.78, 5) is 21.0. The maximum absolute atomic E-state index is 12.0. The van der Waals surface area contributed by atoms with E-state index in [4.69, 9.17) is 0 Å². The molecule has 0 unspecified atom stereocenters. The van der Waals surface area contributed by atoms with Crippen LogP contribution in [0.3, 0.4) is 0 Å². The van der Waals surface area contributed by atoms with E-state index in [-0.39, 0.29) is 6.03 Å². The van der Waals surface area contributed by atoms with E-state index < -0.39 is 0 Å². The molecule has 2 N–H and O–H groups in total. The fraction of sp³-hybridized carbons (Fsp3) is 0.174. The molecule has 29 heavy (non-hydrogen) atoms. The number of hydrogen-bond donors (Lipinski definition) is 2. The molecule has 1 aliphatic carbocycles. The summed E-state index contributed by atoms with van der Waals surface area (Å²) in [6, 6.07) is 12.0. The van der Waals surface area contributed by atoms with Gasteiger partial charge < -0.3 is 10.6 Å². The maximum Gasteiger partial charge on any atom is 0.319 e. The third-order valence-electron chi connectivity index (χ3n) is 4.75. The van der Waals surface area contributed by atoms with Crippen LogP contribution in [0.5, 0.6) is 0 Å². The average molecular weight is 385 g/mol. The van der Waals surface area contributed by atoms with Gasteiger partial charge in [0.05, 0.1) is 11.9 Å². The first-order valence-corrected chi connectivity index (χ1v) is 9.61. The van der Waals surface area contributed by atoms with E-state index in [1.165, 1.54) is 0 Å². The predicted molar refractivity (Wildman–Crippen MR) is 117 cm³/mol. The summed E-state index contributed by atoms with van der Waals surface area (Å²) < 4.78 is 2.03. The van der Waals surface area contributed by atoms with Crippen molar-refractivity contribution in [2.75, 3.05) is 5.32 Å². The number of nitrogens with zero attached hydrogens (tertiary/aromatic N) is 3. The number of pyridine rings is 1. The van der Waals surface area contributed by atoms with Gasteiger partial charge in [-0.1, -0.05) is 24.8 Å². The number of anilines is 1. The molecule has 1 fully saturated rings. The maximum atomic E-state index is 12.0. The second-order valence-electron chi connectivity index (χ2n) is 7.03. The summed E-state index contributed by atoms with van der Waals surface area (Å²) in [6.07, 6.45) is 11.2. The van der Waals surface area contributed by atoms with Gasteiger partial charge >= 0.3 is 6.03 Å². The lowest BCUT2D eigenvalue weighted by Crippen LogP contribution is -2.30. The third-order valence-corrected chi connectivity index (χ3v) is 4.75. The SMILES string of the molecule is C=C/C=C\N=C(/C)c1ccn2c(-c3cccc(NC(=O)NC4CC4)c3)cnc2c1. The van der Waals surface area contributed by atoms with Gasteiger partial charge in [0.2, 0.25) is 0 Å². The molecule has 2 aromatic heterocycles. The van der Waals surface area contributed by atoms with Crippen LogP contribution in [0.15, 0.2) is 78.7 Å². The normalized spacial score (nSPS) is 14.3. The highest BCUT2D eigenvalue weighted by Gasteiger charge is 2.23. The summed E-state index contributed by atoms with van der Waals surface area (Å²) in [5, 5.41) is 5.84. The van der Waals surface area contributed by atoms with Crippen molar-refractivity contribution in [2.24, 2.45) is 4.99 Å².